The van der Waals surface area contributed by atoms with E-state index in [9.17, 15) is 9.90 Å². The molecule has 0 radical (unpaired) electrons. The van der Waals surface area contributed by atoms with Gasteiger partial charge < -0.3 is 9.84 Å². The van der Waals surface area contributed by atoms with Crippen LogP contribution in [-0.2, 0) is 24.1 Å². The summed E-state index contributed by atoms with van der Waals surface area (Å²) in [7, 11) is 0. The fourth-order valence-corrected chi connectivity index (χ4v) is 4.50. The quantitative estimate of drug-likeness (QED) is 0.425. The zero-order chi connectivity index (χ0) is 23.5. The third kappa shape index (κ3) is 4.76. The highest BCUT2D eigenvalue weighted by Crippen LogP contribution is 2.28. The zero-order valence-corrected chi connectivity index (χ0v) is 19.1. The Morgan fingerprint density at radius 2 is 1.94 bits per heavy atom. The number of carboxylic acid groups (broad SMARTS) is 1. The Morgan fingerprint density at radius 3 is 2.76 bits per heavy atom. The number of aryl methyl sites for hydroxylation is 3. The first-order chi connectivity index (χ1) is 16.6. The highest BCUT2D eigenvalue weighted by Gasteiger charge is 2.21. The second-order valence-electron chi connectivity index (χ2n) is 8.70. The SMILES string of the molecule is Cc1ncc([C@@H](CC(=O)O)n2ncc3cc(OCCc4ccc5c(n4)CCCC5)ccc32)cn1. The van der Waals surface area contributed by atoms with Crippen molar-refractivity contribution in [3.8, 4) is 5.75 Å². The van der Waals surface area contributed by atoms with Gasteiger partial charge in [0.05, 0.1) is 30.8 Å². The molecule has 8 nitrogen and oxygen atoms in total. The first kappa shape index (κ1) is 22.0. The normalized spacial score (nSPS) is 14.0. The molecular weight excluding hydrogens is 430 g/mol. The number of carboxylic acids is 1. The summed E-state index contributed by atoms with van der Waals surface area (Å²) in [5.74, 6) is 0.471. The molecular formula is C26H27N5O3. The van der Waals surface area contributed by atoms with Gasteiger partial charge >= 0.3 is 5.97 Å². The maximum Gasteiger partial charge on any atom is 0.305 e. The van der Waals surface area contributed by atoms with Crippen LogP contribution in [0.3, 0.4) is 0 Å². The van der Waals surface area contributed by atoms with Gasteiger partial charge in [-0.15, -0.1) is 0 Å². The molecule has 34 heavy (non-hydrogen) atoms. The molecule has 0 aliphatic heterocycles. The first-order valence-corrected chi connectivity index (χ1v) is 11.6. The minimum absolute atomic E-state index is 0.116. The number of fused-ring (bicyclic) bond motifs is 2. The lowest BCUT2D eigenvalue weighted by Crippen LogP contribution is -2.17. The van der Waals surface area contributed by atoms with E-state index >= 15 is 0 Å². The third-order valence-electron chi connectivity index (χ3n) is 6.28. The standard InChI is InChI=1S/C26H27N5O3/c1-17-27-14-20(15-28-17)25(13-26(32)33)31-24-9-8-22(12-19(24)16-29-31)34-11-10-21-7-6-18-4-2-3-5-23(18)30-21/h6-9,12,14-16,25H,2-5,10-11,13H2,1H3,(H,32,33)/t25-/m1/s1. The molecule has 1 aromatic carbocycles. The van der Waals surface area contributed by atoms with Crippen molar-refractivity contribution in [2.24, 2.45) is 0 Å². The fourth-order valence-electron chi connectivity index (χ4n) is 4.50. The van der Waals surface area contributed by atoms with Crippen LogP contribution in [0.4, 0.5) is 0 Å². The molecule has 0 spiro atoms. The number of aromatic nitrogens is 5. The molecule has 0 unspecified atom stereocenters. The van der Waals surface area contributed by atoms with Gasteiger partial charge in [0, 0.05) is 41.2 Å². The van der Waals surface area contributed by atoms with Crippen LogP contribution in [0.2, 0.25) is 0 Å². The van der Waals surface area contributed by atoms with Crippen molar-refractivity contribution in [3.05, 3.63) is 77.3 Å². The van der Waals surface area contributed by atoms with Gasteiger partial charge in [-0.05, 0) is 62.4 Å². The van der Waals surface area contributed by atoms with Crippen molar-refractivity contribution >= 4 is 16.9 Å². The molecule has 1 atom stereocenters. The lowest BCUT2D eigenvalue weighted by atomic mass is 9.96. The number of hydrogen-bond acceptors (Lipinski definition) is 6. The van der Waals surface area contributed by atoms with Crippen LogP contribution in [0.1, 0.15) is 53.6 Å². The lowest BCUT2D eigenvalue weighted by Gasteiger charge is -2.17. The lowest BCUT2D eigenvalue weighted by molar-refractivity contribution is -0.137. The van der Waals surface area contributed by atoms with Gasteiger partial charge in [0.1, 0.15) is 11.6 Å². The molecule has 174 valence electrons. The van der Waals surface area contributed by atoms with Crippen LogP contribution in [0, 0.1) is 6.92 Å². The molecule has 0 saturated heterocycles. The molecule has 3 heterocycles. The summed E-state index contributed by atoms with van der Waals surface area (Å²) in [6.45, 7) is 2.33. The minimum atomic E-state index is -0.912. The topological polar surface area (TPSA) is 103 Å². The van der Waals surface area contributed by atoms with Crippen LogP contribution in [0.15, 0.2) is 48.9 Å². The van der Waals surface area contributed by atoms with Crippen molar-refractivity contribution in [1.82, 2.24) is 24.7 Å². The Bertz CT molecular complexity index is 1320. The summed E-state index contributed by atoms with van der Waals surface area (Å²) in [4.78, 5) is 24.8. The van der Waals surface area contributed by atoms with E-state index in [0.29, 0.717) is 18.0 Å². The Morgan fingerprint density at radius 1 is 1.12 bits per heavy atom. The van der Waals surface area contributed by atoms with Crippen LogP contribution < -0.4 is 4.74 Å². The third-order valence-corrected chi connectivity index (χ3v) is 6.28. The predicted molar refractivity (Wildman–Crippen MR) is 127 cm³/mol. The number of benzene rings is 1. The number of ether oxygens (including phenoxy) is 1. The van der Waals surface area contributed by atoms with Gasteiger partial charge in [-0.2, -0.15) is 5.10 Å². The van der Waals surface area contributed by atoms with E-state index in [1.165, 1.54) is 24.1 Å². The number of pyridine rings is 1. The van der Waals surface area contributed by atoms with Crippen molar-refractivity contribution < 1.29 is 14.6 Å². The molecule has 1 N–H and O–H groups in total. The van der Waals surface area contributed by atoms with E-state index in [1.54, 1.807) is 30.2 Å². The second kappa shape index (κ2) is 9.59. The predicted octanol–water partition coefficient (Wildman–Crippen LogP) is 4.09. The average molecular weight is 458 g/mol. The van der Waals surface area contributed by atoms with Gasteiger partial charge in [0.25, 0.3) is 0 Å². The monoisotopic (exact) mass is 457 g/mol. The number of rotatable bonds is 8. The maximum atomic E-state index is 11.5. The van der Waals surface area contributed by atoms with Crippen LogP contribution in [0.5, 0.6) is 5.75 Å². The molecule has 3 aromatic heterocycles. The van der Waals surface area contributed by atoms with Crippen molar-refractivity contribution in [3.63, 3.8) is 0 Å². The van der Waals surface area contributed by atoms with E-state index in [0.717, 1.165) is 41.6 Å². The molecule has 8 heteroatoms. The van der Waals surface area contributed by atoms with Crippen molar-refractivity contribution in [2.75, 3.05) is 6.61 Å². The summed E-state index contributed by atoms with van der Waals surface area (Å²) in [6.07, 6.45) is 10.4. The van der Waals surface area contributed by atoms with E-state index < -0.39 is 12.0 Å². The molecule has 0 fully saturated rings. The van der Waals surface area contributed by atoms with Crippen molar-refractivity contribution in [2.45, 2.75) is 51.5 Å². The number of nitrogens with zero attached hydrogens (tertiary/aromatic N) is 5. The fraction of sp³-hybridized carbons (Fsp3) is 0.346. The smallest absolute Gasteiger partial charge is 0.305 e. The number of aliphatic carboxylic acids is 1. The molecule has 0 bridgehead atoms. The van der Waals surface area contributed by atoms with E-state index in [2.05, 4.69) is 27.2 Å². The van der Waals surface area contributed by atoms with Gasteiger partial charge in [0.15, 0.2) is 0 Å². The summed E-state index contributed by atoms with van der Waals surface area (Å²) in [5.41, 5.74) is 5.22. The summed E-state index contributed by atoms with van der Waals surface area (Å²) in [5, 5.41) is 14.8. The number of carbonyl (C=O) groups is 1. The van der Waals surface area contributed by atoms with Gasteiger partial charge in [0.2, 0.25) is 0 Å². The van der Waals surface area contributed by atoms with Crippen LogP contribution in [-0.4, -0.2) is 42.4 Å². The highest BCUT2D eigenvalue weighted by atomic mass is 16.5. The molecule has 0 saturated carbocycles. The molecule has 0 amide bonds. The van der Waals surface area contributed by atoms with E-state index in [-0.39, 0.29) is 6.42 Å². The molecule has 4 aromatic rings. The Labute approximate surface area is 197 Å². The van der Waals surface area contributed by atoms with Crippen LogP contribution in [0.25, 0.3) is 10.9 Å². The maximum absolute atomic E-state index is 11.5. The van der Waals surface area contributed by atoms with E-state index in [1.807, 2.05) is 18.2 Å². The van der Waals surface area contributed by atoms with Gasteiger partial charge in [-0.1, -0.05) is 6.07 Å². The summed E-state index contributed by atoms with van der Waals surface area (Å²) >= 11 is 0. The zero-order valence-electron chi connectivity index (χ0n) is 19.1. The Kier molecular flexibility index (Phi) is 6.20. The Balaban J connectivity index is 1.30. The second-order valence-corrected chi connectivity index (χ2v) is 8.70. The minimum Gasteiger partial charge on any atom is -0.493 e. The molecule has 1 aliphatic rings. The van der Waals surface area contributed by atoms with Gasteiger partial charge in [-0.25, -0.2) is 9.97 Å². The van der Waals surface area contributed by atoms with Gasteiger partial charge in [-0.3, -0.25) is 14.5 Å². The van der Waals surface area contributed by atoms with Crippen molar-refractivity contribution in [1.29, 1.82) is 0 Å². The Hall–Kier alpha value is -3.81. The average Bonchev–Trinajstić information content (AvgIpc) is 3.26. The summed E-state index contributed by atoms with van der Waals surface area (Å²) < 4.78 is 7.72. The highest BCUT2D eigenvalue weighted by molar-refractivity contribution is 5.81. The number of hydrogen-bond donors (Lipinski definition) is 1. The molecule has 5 rings (SSSR count). The molecule has 1 aliphatic carbocycles. The summed E-state index contributed by atoms with van der Waals surface area (Å²) in [6, 6.07) is 9.56. The van der Waals surface area contributed by atoms with E-state index in [4.69, 9.17) is 9.72 Å². The van der Waals surface area contributed by atoms with Crippen LogP contribution >= 0.6 is 0 Å². The first-order valence-electron chi connectivity index (χ1n) is 11.6. The largest absolute Gasteiger partial charge is 0.493 e.